The molecule has 1 aliphatic heterocycles. The zero-order valence-electron chi connectivity index (χ0n) is 43.1. The number of benzene rings is 1. The minimum Gasteiger partial charge on any atom is -0.491 e. The summed E-state index contributed by atoms with van der Waals surface area (Å²) in [6.45, 7) is 7.04. The van der Waals surface area contributed by atoms with Crippen LogP contribution in [-0.4, -0.2) is 130 Å². The van der Waals surface area contributed by atoms with Gasteiger partial charge in [0.15, 0.2) is 22.2 Å². The van der Waals surface area contributed by atoms with Crippen LogP contribution in [0.15, 0.2) is 62.5 Å². The van der Waals surface area contributed by atoms with Crippen LogP contribution < -0.4 is 37.0 Å². The van der Waals surface area contributed by atoms with Gasteiger partial charge in [0.1, 0.15) is 29.9 Å². The first kappa shape index (κ1) is 57.0. The van der Waals surface area contributed by atoms with Gasteiger partial charge in [0, 0.05) is 63.7 Å². The lowest BCUT2D eigenvalue weighted by molar-refractivity contribution is -0.148. The van der Waals surface area contributed by atoms with E-state index in [4.69, 9.17) is 29.8 Å². The van der Waals surface area contributed by atoms with E-state index >= 15 is 0 Å². The zero-order valence-corrected chi connectivity index (χ0v) is 44.0. The van der Waals surface area contributed by atoms with Gasteiger partial charge in [0.2, 0.25) is 41.1 Å². The fourth-order valence-corrected chi connectivity index (χ4v) is 8.97. The van der Waals surface area contributed by atoms with Crippen molar-refractivity contribution >= 4 is 97.9 Å². The topological polar surface area (TPSA) is 401 Å². The van der Waals surface area contributed by atoms with Crippen LogP contribution in [0.2, 0.25) is 0 Å². The van der Waals surface area contributed by atoms with Gasteiger partial charge in [-0.05, 0) is 44.4 Å². The molecule has 0 bridgehead atoms. The Bertz CT molecular complexity index is 3560. The number of aryl methyl sites for hydroxylation is 4. The first-order valence-corrected chi connectivity index (χ1v) is 25.2. The molecule has 0 saturated heterocycles. The number of esters is 1. The number of thiazole rings is 1. The van der Waals surface area contributed by atoms with Crippen molar-refractivity contribution in [1.29, 1.82) is 0 Å². The van der Waals surface area contributed by atoms with Crippen molar-refractivity contribution in [3.63, 3.8) is 0 Å². The van der Waals surface area contributed by atoms with Crippen LogP contribution in [0.1, 0.15) is 105 Å². The van der Waals surface area contributed by atoms with Crippen molar-refractivity contribution in [3.8, 4) is 5.75 Å². The quantitative estimate of drug-likeness (QED) is 0.0206. The highest BCUT2D eigenvalue weighted by atomic mass is 32.1. The number of pyridine rings is 1. The summed E-state index contributed by atoms with van der Waals surface area (Å²) >= 11 is 1.09. The molecule has 0 spiro atoms. The van der Waals surface area contributed by atoms with Gasteiger partial charge in [0.25, 0.3) is 17.7 Å². The number of hydrogen-bond donors (Lipinski definition) is 6. The third kappa shape index (κ3) is 13.7. The molecule has 8 amide bonds. The molecule has 414 valence electrons. The molecule has 1 aromatic carbocycles. The van der Waals surface area contributed by atoms with E-state index in [2.05, 4.69) is 40.9 Å². The van der Waals surface area contributed by atoms with E-state index in [1.54, 1.807) is 42.1 Å². The van der Waals surface area contributed by atoms with Crippen LogP contribution in [0.5, 0.6) is 5.75 Å². The number of fused-ring (bicyclic) bond motifs is 2. The largest absolute Gasteiger partial charge is 0.491 e. The third-order valence-electron chi connectivity index (χ3n) is 11.7. The number of anilines is 1. The summed E-state index contributed by atoms with van der Waals surface area (Å²) in [5.41, 5.74) is 13.1. The van der Waals surface area contributed by atoms with Crippen LogP contribution in [0.3, 0.4) is 0 Å². The molecule has 0 fully saturated rings. The second kappa shape index (κ2) is 25.0. The Morgan fingerprint density at radius 1 is 0.848 bits per heavy atom. The Labute approximate surface area is 450 Å². The third-order valence-corrected chi connectivity index (χ3v) is 12.8. The molecule has 2 atom stereocenters. The number of carboxylic acid groups (broad SMARTS) is 1. The molecule has 29 heteroatoms. The average molecular weight is 1110 g/mol. The number of allylic oxidation sites excluding steroid dienone is 2. The average Bonchev–Trinajstić information content (AvgIpc) is 4.29. The van der Waals surface area contributed by atoms with E-state index in [0.717, 1.165) is 23.5 Å². The summed E-state index contributed by atoms with van der Waals surface area (Å²) in [4.78, 5) is 149. The van der Waals surface area contributed by atoms with Crippen LogP contribution in [0.25, 0.3) is 21.4 Å². The number of imide groups is 1. The minimum atomic E-state index is -1.47. The van der Waals surface area contributed by atoms with Gasteiger partial charge in [-0.3, -0.25) is 57.9 Å². The number of carbonyl (C=O) groups excluding carboxylic acids is 9. The van der Waals surface area contributed by atoms with E-state index in [1.165, 1.54) is 31.3 Å². The lowest BCUT2D eigenvalue weighted by atomic mass is 10.1. The SMILES string of the molecule is CCc1nc(C)oc1C(=O)/N=c1\sc2cc(C(N)=O)cnc2n1C/C=C/Cn1c(NC(=O)c2oc(C)nc2CC)nc2cc(C(N)=O)cc(OCCCOC(=O)[C@H](C)NC(=O)[C@H](CCC(=O)O)NC(=O)CN3C(=O)C=CC3=O)c21. The predicted octanol–water partition coefficient (Wildman–Crippen LogP) is 1.70. The number of carbonyl (C=O) groups is 10. The molecule has 28 nitrogen and oxygen atoms in total. The number of aliphatic carboxylic acids is 1. The Morgan fingerprint density at radius 2 is 1.49 bits per heavy atom. The molecule has 6 aromatic rings. The van der Waals surface area contributed by atoms with Crippen LogP contribution in [0.4, 0.5) is 5.95 Å². The van der Waals surface area contributed by atoms with E-state index < -0.39 is 90.7 Å². The Kier molecular flexibility index (Phi) is 18.0. The molecule has 6 heterocycles. The van der Waals surface area contributed by atoms with E-state index in [1.807, 2.05) is 6.92 Å². The number of nitrogens with one attached hydrogen (secondary N) is 3. The zero-order chi connectivity index (χ0) is 57.2. The van der Waals surface area contributed by atoms with Gasteiger partial charge in [-0.1, -0.05) is 37.3 Å². The van der Waals surface area contributed by atoms with Gasteiger partial charge < -0.3 is 50.1 Å². The van der Waals surface area contributed by atoms with Crippen molar-refractivity contribution in [2.24, 2.45) is 16.5 Å². The van der Waals surface area contributed by atoms with Gasteiger partial charge in [-0.25, -0.2) is 24.7 Å². The smallest absolute Gasteiger partial charge is 0.328 e. The minimum absolute atomic E-state index is 0.00586. The molecular weight excluding hydrogens is 1050 g/mol. The molecule has 0 saturated carbocycles. The van der Waals surface area contributed by atoms with Crippen LogP contribution in [-0.2, 0) is 59.4 Å². The number of rotatable bonds is 25. The Morgan fingerprint density at radius 3 is 2.14 bits per heavy atom. The number of amides is 8. The number of nitrogens with zero attached hydrogens (tertiary/aromatic N) is 8. The second-order valence-corrected chi connectivity index (χ2v) is 18.5. The highest BCUT2D eigenvalue weighted by Gasteiger charge is 2.30. The first-order chi connectivity index (χ1) is 37.6. The summed E-state index contributed by atoms with van der Waals surface area (Å²) in [7, 11) is 0. The highest BCUT2D eigenvalue weighted by molar-refractivity contribution is 7.16. The van der Waals surface area contributed by atoms with Crippen molar-refractivity contribution in [2.75, 3.05) is 25.1 Å². The number of ether oxygens (including phenoxy) is 2. The van der Waals surface area contributed by atoms with Crippen LogP contribution in [0, 0.1) is 13.8 Å². The van der Waals surface area contributed by atoms with Gasteiger partial charge in [-0.15, -0.1) is 0 Å². The fourth-order valence-electron chi connectivity index (χ4n) is 7.94. The maximum Gasteiger partial charge on any atom is 0.328 e. The highest BCUT2D eigenvalue weighted by Crippen LogP contribution is 2.32. The van der Waals surface area contributed by atoms with Gasteiger partial charge >= 0.3 is 17.8 Å². The summed E-state index contributed by atoms with van der Waals surface area (Å²) in [5.74, 6) is -7.91. The van der Waals surface area contributed by atoms with E-state index in [9.17, 15) is 53.1 Å². The number of carboxylic acids is 1. The number of oxazole rings is 2. The fraction of sp³-hybridized carbons (Fsp3) is 0.340. The summed E-state index contributed by atoms with van der Waals surface area (Å²) in [5, 5.41) is 16.7. The molecule has 5 aromatic heterocycles. The summed E-state index contributed by atoms with van der Waals surface area (Å²) in [6.07, 6.45) is 6.56. The number of primary amides is 2. The second-order valence-electron chi connectivity index (χ2n) is 17.5. The molecule has 0 radical (unpaired) electrons. The van der Waals surface area contributed by atoms with Crippen molar-refractivity contribution in [1.82, 2.24) is 44.6 Å². The van der Waals surface area contributed by atoms with Gasteiger partial charge in [-0.2, -0.15) is 4.99 Å². The summed E-state index contributed by atoms with van der Waals surface area (Å²) in [6, 6.07) is 1.55. The van der Waals surface area contributed by atoms with E-state index in [-0.39, 0.29) is 88.8 Å². The van der Waals surface area contributed by atoms with Crippen molar-refractivity contribution < 1.29 is 71.4 Å². The standard InChI is InChI=1S/C50H53N13O15S/c1-6-29-40(77-25(4)55-29)46(72)59-49-58-32-19-27(42(51)69)20-33(75-17-10-18-76-48(74)24(3)54-45(71)31(11-14-38(67)68)57-35(64)23-63-36(65)12-13-37(63)66)39(32)61(49)15-8-9-16-62-44-34(21-28(22-53-44)43(52)70)79-50(62)60-47(73)41-30(7-2)56-26(5)78-41/h8-9,12-13,19-22,24,31H,6-7,10-11,14-18,23H2,1-5H3,(H2,51,69)(H2,52,70)(H,54,71)(H,57,64)(H,67,68)(H,58,59,72)/b9-8+,60-50-/t24-,31-/m0/s1. The maximum atomic E-state index is 13.8. The number of aromatic nitrogens is 6. The van der Waals surface area contributed by atoms with E-state index in [0.29, 0.717) is 45.4 Å². The lowest BCUT2D eigenvalue weighted by Gasteiger charge is -2.21. The first-order valence-electron chi connectivity index (χ1n) is 24.4. The molecular formula is C50H53N13O15S. The lowest BCUT2D eigenvalue weighted by Crippen LogP contribution is -2.53. The normalized spacial score (nSPS) is 13.3. The van der Waals surface area contributed by atoms with Crippen LogP contribution >= 0.6 is 11.3 Å². The Hall–Kier alpha value is -9.67. The van der Waals surface area contributed by atoms with Crippen molar-refractivity contribution in [3.05, 3.63) is 99.3 Å². The molecule has 0 unspecified atom stereocenters. The predicted molar refractivity (Wildman–Crippen MR) is 276 cm³/mol. The summed E-state index contributed by atoms with van der Waals surface area (Å²) < 4.78 is 26.5. The molecule has 8 N–H and O–H groups in total. The number of imidazole rings is 1. The molecule has 0 aliphatic carbocycles. The molecule has 7 rings (SSSR count). The monoisotopic (exact) mass is 1110 g/mol. The van der Waals surface area contributed by atoms with Crippen molar-refractivity contribution in [2.45, 2.75) is 91.9 Å². The number of nitrogens with two attached hydrogens (primary N) is 2. The Balaban J connectivity index is 1.10. The number of hydrogen-bond acceptors (Lipinski definition) is 19. The maximum absolute atomic E-state index is 13.8. The molecule has 1 aliphatic rings. The molecule has 79 heavy (non-hydrogen) atoms. The van der Waals surface area contributed by atoms with Gasteiger partial charge in [0.05, 0.1) is 40.4 Å².